The van der Waals surface area contributed by atoms with Gasteiger partial charge in [-0.25, -0.2) is 4.68 Å². The Kier molecular flexibility index (Phi) is 2.36. The third kappa shape index (κ3) is 1.50. The van der Waals surface area contributed by atoms with Crippen LogP contribution in [-0.4, -0.2) is 9.78 Å². The predicted octanol–water partition coefficient (Wildman–Crippen LogP) is 3.43. The minimum absolute atomic E-state index is 1.10. The molecular formula is C13H13BrN2. The molecule has 0 saturated heterocycles. The van der Waals surface area contributed by atoms with Gasteiger partial charge in [-0.15, -0.1) is 0 Å². The smallest absolute Gasteiger partial charge is 0.0660 e. The third-order valence-electron chi connectivity index (χ3n) is 3.18. The van der Waals surface area contributed by atoms with Crippen molar-refractivity contribution in [1.29, 1.82) is 0 Å². The maximum absolute atomic E-state index is 4.64. The van der Waals surface area contributed by atoms with Gasteiger partial charge in [-0.1, -0.05) is 22.0 Å². The maximum atomic E-state index is 4.64. The van der Waals surface area contributed by atoms with Crippen molar-refractivity contribution in [3.8, 4) is 5.69 Å². The van der Waals surface area contributed by atoms with E-state index in [-0.39, 0.29) is 0 Å². The van der Waals surface area contributed by atoms with Crippen LogP contribution in [0.1, 0.15) is 23.4 Å². The predicted molar refractivity (Wildman–Crippen MR) is 68.0 cm³/mol. The van der Waals surface area contributed by atoms with Crippen LogP contribution in [0.4, 0.5) is 0 Å². The van der Waals surface area contributed by atoms with Crippen LogP contribution in [0.5, 0.6) is 0 Å². The SMILES string of the molecule is Cc1nn(-c2cccc(Br)c2)c2c1CCC2. The summed E-state index contributed by atoms with van der Waals surface area (Å²) in [6.07, 6.45) is 3.61. The number of aromatic nitrogens is 2. The fraction of sp³-hybridized carbons (Fsp3) is 0.308. The number of nitrogens with zero attached hydrogens (tertiary/aromatic N) is 2. The number of fused-ring (bicyclic) bond motifs is 1. The maximum Gasteiger partial charge on any atom is 0.0660 e. The lowest BCUT2D eigenvalue weighted by Gasteiger charge is -2.05. The third-order valence-corrected chi connectivity index (χ3v) is 3.68. The Morgan fingerprint density at radius 2 is 2.19 bits per heavy atom. The lowest BCUT2D eigenvalue weighted by molar-refractivity contribution is 0.773. The van der Waals surface area contributed by atoms with Gasteiger partial charge in [-0.3, -0.25) is 0 Å². The molecule has 82 valence electrons. The van der Waals surface area contributed by atoms with Crippen LogP contribution >= 0.6 is 15.9 Å². The number of hydrogen-bond donors (Lipinski definition) is 0. The molecule has 2 nitrogen and oxygen atoms in total. The van der Waals surface area contributed by atoms with Gasteiger partial charge < -0.3 is 0 Å². The molecule has 3 heteroatoms. The van der Waals surface area contributed by atoms with Crippen LogP contribution in [0.3, 0.4) is 0 Å². The van der Waals surface area contributed by atoms with E-state index in [4.69, 9.17) is 0 Å². The molecule has 0 N–H and O–H groups in total. The van der Waals surface area contributed by atoms with Gasteiger partial charge in [-0.2, -0.15) is 5.10 Å². The van der Waals surface area contributed by atoms with Gasteiger partial charge in [0.05, 0.1) is 11.4 Å². The lowest BCUT2D eigenvalue weighted by atomic mass is 10.2. The summed E-state index contributed by atoms with van der Waals surface area (Å²) < 4.78 is 3.20. The standard InChI is InChI=1S/C13H13BrN2/c1-9-12-6-3-7-13(12)16(15-9)11-5-2-4-10(14)8-11/h2,4-5,8H,3,6-7H2,1H3. The molecule has 1 aromatic heterocycles. The molecule has 0 unspecified atom stereocenters. The van der Waals surface area contributed by atoms with Crippen molar-refractivity contribution < 1.29 is 0 Å². The number of hydrogen-bond acceptors (Lipinski definition) is 1. The molecule has 0 aliphatic heterocycles. The molecular weight excluding hydrogens is 264 g/mol. The summed E-state index contributed by atoms with van der Waals surface area (Å²) in [6.45, 7) is 2.11. The summed E-state index contributed by atoms with van der Waals surface area (Å²) in [5, 5.41) is 4.64. The van der Waals surface area contributed by atoms with E-state index < -0.39 is 0 Å². The second-order valence-electron chi connectivity index (χ2n) is 4.26. The van der Waals surface area contributed by atoms with Crippen molar-refractivity contribution in [1.82, 2.24) is 9.78 Å². The number of aryl methyl sites for hydroxylation is 1. The van der Waals surface area contributed by atoms with E-state index in [1.807, 2.05) is 6.07 Å². The van der Waals surface area contributed by atoms with Crippen molar-refractivity contribution in [2.45, 2.75) is 26.2 Å². The topological polar surface area (TPSA) is 17.8 Å². The van der Waals surface area contributed by atoms with E-state index >= 15 is 0 Å². The quantitative estimate of drug-likeness (QED) is 0.780. The molecule has 1 heterocycles. The molecule has 0 fully saturated rings. The Labute approximate surface area is 103 Å². The number of benzene rings is 1. The second kappa shape index (κ2) is 3.74. The molecule has 0 atom stereocenters. The molecule has 0 bridgehead atoms. The van der Waals surface area contributed by atoms with Crippen molar-refractivity contribution in [3.63, 3.8) is 0 Å². The van der Waals surface area contributed by atoms with Crippen LogP contribution in [0.15, 0.2) is 28.7 Å². The summed E-state index contributed by atoms with van der Waals surface area (Å²) in [5.74, 6) is 0. The number of rotatable bonds is 1. The zero-order chi connectivity index (χ0) is 11.1. The van der Waals surface area contributed by atoms with Gasteiger partial charge in [0.25, 0.3) is 0 Å². The molecule has 3 rings (SSSR count). The summed E-state index contributed by atoms with van der Waals surface area (Å²) in [7, 11) is 0. The fourth-order valence-electron chi connectivity index (χ4n) is 2.44. The monoisotopic (exact) mass is 276 g/mol. The summed E-state index contributed by atoms with van der Waals surface area (Å²) >= 11 is 3.51. The first-order valence-electron chi connectivity index (χ1n) is 5.59. The normalized spacial score (nSPS) is 14.1. The Bertz CT molecular complexity index is 543. The van der Waals surface area contributed by atoms with E-state index in [1.54, 1.807) is 0 Å². The highest BCUT2D eigenvalue weighted by Gasteiger charge is 2.20. The van der Waals surface area contributed by atoms with Crippen LogP contribution in [-0.2, 0) is 12.8 Å². The zero-order valence-electron chi connectivity index (χ0n) is 9.20. The van der Waals surface area contributed by atoms with E-state index in [1.165, 1.54) is 29.8 Å². The summed E-state index contributed by atoms with van der Waals surface area (Å²) in [6, 6.07) is 8.32. The highest BCUT2D eigenvalue weighted by atomic mass is 79.9. The Balaban J connectivity index is 2.17. The highest BCUT2D eigenvalue weighted by Crippen LogP contribution is 2.27. The molecule has 2 aromatic rings. The molecule has 1 aromatic carbocycles. The first-order valence-corrected chi connectivity index (χ1v) is 6.38. The van der Waals surface area contributed by atoms with E-state index in [0.29, 0.717) is 0 Å². The van der Waals surface area contributed by atoms with Crippen molar-refractivity contribution in [2.24, 2.45) is 0 Å². The summed E-state index contributed by atoms with van der Waals surface area (Å²) in [5.41, 5.74) is 5.20. The average molecular weight is 277 g/mol. The van der Waals surface area contributed by atoms with Crippen LogP contribution in [0.25, 0.3) is 5.69 Å². The summed E-state index contributed by atoms with van der Waals surface area (Å²) in [4.78, 5) is 0. The molecule has 16 heavy (non-hydrogen) atoms. The molecule has 1 aliphatic rings. The first-order chi connectivity index (χ1) is 7.75. The van der Waals surface area contributed by atoms with Gasteiger partial charge in [0.15, 0.2) is 0 Å². The second-order valence-corrected chi connectivity index (χ2v) is 5.17. The van der Waals surface area contributed by atoms with Gasteiger partial charge in [0, 0.05) is 10.2 Å². The fourth-order valence-corrected chi connectivity index (χ4v) is 2.83. The van der Waals surface area contributed by atoms with Gasteiger partial charge in [0.2, 0.25) is 0 Å². The van der Waals surface area contributed by atoms with Crippen molar-refractivity contribution in [3.05, 3.63) is 45.7 Å². The van der Waals surface area contributed by atoms with Crippen molar-refractivity contribution >= 4 is 15.9 Å². The Hall–Kier alpha value is -1.09. The molecule has 0 radical (unpaired) electrons. The average Bonchev–Trinajstić information content (AvgIpc) is 2.83. The number of halogens is 1. The lowest BCUT2D eigenvalue weighted by Crippen LogP contribution is -2.01. The molecule has 1 aliphatic carbocycles. The molecule has 0 saturated carbocycles. The minimum Gasteiger partial charge on any atom is -0.237 e. The first kappa shape index (κ1) is 10.1. The molecule has 0 amide bonds. The zero-order valence-corrected chi connectivity index (χ0v) is 10.8. The van der Waals surface area contributed by atoms with Crippen molar-refractivity contribution in [2.75, 3.05) is 0 Å². The Morgan fingerprint density at radius 1 is 1.31 bits per heavy atom. The van der Waals surface area contributed by atoms with E-state index in [0.717, 1.165) is 16.6 Å². The van der Waals surface area contributed by atoms with Gasteiger partial charge in [-0.05, 0) is 49.9 Å². The van der Waals surface area contributed by atoms with E-state index in [9.17, 15) is 0 Å². The molecule has 0 spiro atoms. The van der Waals surface area contributed by atoms with Crippen LogP contribution in [0.2, 0.25) is 0 Å². The Morgan fingerprint density at radius 3 is 3.00 bits per heavy atom. The van der Waals surface area contributed by atoms with Gasteiger partial charge >= 0.3 is 0 Å². The van der Waals surface area contributed by atoms with E-state index in [2.05, 4.69) is 50.8 Å². The van der Waals surface area contributed by atoms with Crippen LogP contribution < -0.4 is 0 Å². The minimum atomic E-state index is 1.10. The highest BCUT2D eigenvalue weighted by molar-refractivity contribution is 9.10. The van der Waals surface area contributed by atoms with Gasteiger partial charge in [0.1, 0.15) is 0 Å². The van der Waals surface area contributed by atoms with Crippen LogP contribution in [0, 0.1) is 6.92 Å². The largest absolute Gasteiger partial charge is 0.237 e.